The number of furan rings is 1. The number of carbonyl (C=O) groups excluding carboxylic acids is 2. The Morgan fingerprint density at radius 3 is 2.63 bits per heavy atom. The van der Waals surface area contributed by atoms with Gasteiger partial charge in [0.1, 0.15) is 18.1 Å². The third-order valence-electron chi connectivity index (χ3n) is 8.89. The summed E-state index contributed by atoms with van der Waals surface area (Å²) in [6.45, 7) is 4.43. The van der Waals surface area contributed by atoms with Gasteiger partial charge < -0.3 is 24.3 Å². The summed E-state index contributed by atoms with van der Waals surface area (Å²) in [5, 5.41) is 28.7. The summed E-state index contributed by atoms with van der Waals surface area (Å²) in [4.78, 5) is 33.4. The number of aliphatic hydroxyl groups excluding tert-OH is 1. The first-order chi connectivity index (χ1) is 20.8. The molecule has 1 aromatic carbocycles. The molecule has 3 aromatic rings. The molecule has 3 N–H and O–H groups in total. The maximum Gasteiger partial charge on any atom is 0.488 e. The van der Waals surface area contributed by atoms with E-state index in [1.54, 1.807) is 30.5 Å². The van der Waals surface area contributed by atoms with Gasteiger partial charge in [-0.15, -0.1) is 0 Å². The number of hydrogen-bond acceptors (Lipinski definition) is 8. The number of rotatable bonds is 9. The molecule has 4 atom stereocenters. The lowest BCUT2D eigenvalue weighted by Crippen LogP contribution is -2.36. The van der Waals surface area contributed by atoms with E-state index in [0.717, 1.165) is 16.8 Å². The molecule has 2 fully saturated rings. The van der Waals surface area contributed by atoms with Crippen LogP contribution in [-0.4, -0.2) is 51.8 Å². The molecule has 6 rings (SSSR count). The molecule has 222 valence electrons. The number of carbonyl (C=O) groups is 2. The summed E-state index contributed by atoms with van der Waals surface area (Å²) in [6, 6.07) is 15.6. The van der Waals surface area contributed by atoms with Crippen molar-refractivity contribution in [3.8, 4) is 0 Å². The number of anilines is 1. The highest BCUT2D eigenvalue weighted by atomic mass is 16.5. The minimum atomic E-state index is -1.70. The summed E-state index contributed by atoms with van der Waals surface area (Å²) in [7, 11) is -1.70. The minimum Gasteiger partial charge on any atom is -0.459 e. The summed E-state index contributed by atoms with van der Waals surface area (Å²) in [5.41, 5.74) is 4.68. The van der Waals surface area contributed by atoms with E-state index < -0.39 is 19.0 Å². The van der Waals surface area contributed by atoms with E-state index in [0.29, 0.717) is 43.1 Å². The SMILES string of the molecule is CC(C)C1=C2[C@@H](CC/C(=C/c3ccc(CO)o3)c3ccccn3)OC[C@@H]2[C@@H]2C(=O)N(c3cccc(B(O)O)c3)C(=O)[C@@H]2C1. The molecule has 0 radical (unpaired) electrons. The molecule has 0 unspecified atom stereocenters. The largest absolute Gasteiger partial charge is 0.488 e. The lowest BCUT2D eigenvalue weighted by Gasteiger charge is -2.33. The van der Waals surface area contributed by atoms with Gasteiger partial charge in [-0.05, 0) is 84.3 Å². The standard InChI is InChI=1S/C33H35BN2O7/c1-19(2)25-16-26-31(33(39)36(32(26)38)22-7-5-6-21(15-22)34(40)41)27-18-42-29(30(25)27)12-9-20(28-8-3-4-13-35-28)14-23-10-11-24(17-37)43-23/h3-8,10-11,13-15,19,26-27,29,31,37,40-41H,9,12,16-18H2,1-2H3/b20-14-/t26-,27+,29-,31-/m1/s1. The van der Waals surface area contributed by atoms with Crippen molar-refractivity contribution in [2.24, 2.45) is 23.7 Å². The molecule has 9 nitrogen and oxygen atoms in total. The van der Waals surface area contributed by atoms with E-state index in [9.17, 15) is 24.7 Å². The molecule has 2 aromatic heterocycles. The Hall–Kier alpha value is -3.83. The lowest BCUT2D eigenvalue weighted by molar-refractivity contribution is -0.122. The Morgan fingerprint density at radius 1 is 1.09 bits per heavy atom. The molecule has 0 spiro atoms. The molecule has 2 aliphatic heterocycles. The molecule has 4 heterocycles. The monoisotopic (exact) mass is 582 g/mol. The molecule has 10 heteroatoms. The normalized spacial score (nSPS) is 23.8. The maximum atomic E-state index is 13.9. The van der Waals surface area contributed by atoms with Crippen molar-refractivity contribution >= 4 is 41.7 Å². The van der Waals surface area contributed by atoms with Crippen molar-refractivity contribution in [1.82, 2.24) is 4.98 Å². The Morgan fingerprint density at radius 2 is 1.93 bits per heavy atom. The van der Waals surface area contributed by atoms with Crippen molar-refractivity contribution in [3.05, 3.63) is 89.2 Å². The highest BCUT2D eigenvalue weighted by Gasteiger charge is 2.57. The summed E-state index contributed by atoms with van der Waals surface area (Å²) in [5.74, 6) is -0.420. The van der Waals surface area contributed by atoms with Crippen LogP contribution >= 0.6 is 0 Å². The fourth-order valence-electron chi connectivity index (χ4n) is 6.88. The van der Waals surface area contributed by atoms with Gasteiger partial charge in [-0.3, -0.25) is 19.5 Å². The third-order valence-corrected chi connectivity index (χ3v) is 8.89. The number of imide groups is 1. The number of nitrogens with zero attached hydrogens (tertiary/aromatic N) is 2. The highest BCUT2D eigenvalue weighted by molar-refractivity contribution is 6.58. The van der Waals surface area contributed by atoms with Crippen LogP contribution in [0.25, 0.3) is 11.6 Å². The number of amides is 2. The van der Waals surface area contributed by atoms with Crippen molar-refractivity contribution < 1.29 is 33.9 Å². The zero-order valence-electron chi connectivity index (χ0n) is 24.2. The van der Waals surface area contributed by atoms with Crippen LogP contribution in [0.2, 0.25) is 0 Å². The van der Waals surface area contributed by atoms with E-state index in [2.05, 4.69) is 18.8 Å². The summed E-state index contributed by atoms with van der Waals surface area (Å²) < 4.78 is 12.1. The second-order valence-electron chi connectivity index (χ2n) is 11.8. The topological polar surface area (TPSA) is 133 Å². The molecule has 0 saturated carbocycles. The first-order valence-electron chi connectivity index (χ1n) is 14.8. The van der Waals surface area contributed by atoms with Crippen molar-refractivity contribution in [2.75, 3.05) is 11.5 Å². The van der Waals surface area contributed by atoms with Crippen LogP contribution < -0.4 is 10.4 Å². The predicted molar refractivity (Wildman–Crippen MR) is 161 cm³/mol. The van der Waals surface area contributed by atoms with Gasteiger partial charge in [0.25, 0.3) is 0 Å². The van der Waals surface area contributed by atoms with Gasteiger partial charge in [-0.25, -0.2) is 0 Å². The van der Waals surface area contributed by atoms with E-state index in [1.807, 2.05) is 30.3 Å². The average Bonchev–Trinajstić information content (AvgIpc) is 3.71. The van der Waals surface area contributed by atoms with Crippen LogP contribution in [0.1, 0.15) is 50.3 Å². The number of aliphatic hydroxyl groups is 1. The van der Waals surface area contributed by atoms with Gasteiger partial charge >= 0.3 is 7.12 Å². The minimum absolute atomic E-state index is 0.175. The molecule has 1 aliphatic carbocycles. The van der Waals surface area contributed by atoms with Crippen LogP contribution in [0, 0.1) is 23.7 Å². The molecule has 2 amide bonds. The second-order valence-corrected chi connectivity index (χ2v) is 11.8. The Balaban J connectivity index is 1.28. The predicted octanol–water partition coefficient (Wildman–Crippen LogP) is 3.34. The number of allylic oxidation sites excluding steroid dienone is 2. The number of fused-ring (bicyclic) bond motifs is 3. The molecular formula is C33H35BN2O7. The van der Waals surface area contributed by atoms with Crippen LogP contribution in [-0.2, 0) is 20.9 Å². The molecule has 0 bridgehead atoms. The second kappa shape index (κ2) is 12.0. The van der Waals surface area contributed by atoms with Crippen molar-refractivity contribution in [3.63, 3.8) is 0 Å². The zero-order chi connectivity index (χ0) is 30.2. The Kier molecular flexibility index (Phi) is 8.20. The fraction of sp³-hybridized carbons (Fsp3) is 0.364. The van der Waals surface area contributed by atoms with Crippen LogP contribution in [0.5, 0.6) is 0 Å². The Labute approximate surface area is 250 Å². The average molecular weight is 582 g/mol. The zero-order valence-corrected chi connectivity index (χ0v) is 24.2. The van der Waals surface area contributed by atoms with E-state index in [4.69, 9.17) is 9.15 Å². The van der Waals surface area contributed by atoms with Gasteiger partial charge in [0.2, 0.25) is 11.8 Å². The van der Waals surface area contributed by atoms with E-state index in [-0.39, 0.29) is 41.8 Å². The smallest absolute Gasteiger partial charge is 0.459 e. The molecule has 43 heavy (non-hydrogen) atoms. The third kappa shape index (κ3) is 5.52. The summed E-state index contributed by atoms with van der Waals surface area (Å²) in [6.07, 6.45) is 5.29. The first kappa shape index (κ1) is 29.3. The van der Waals surface area contributed by atoms with Gasteiger partial charge in [0.15, 0.2) is 0 Å². The van der Waals surface area contributed by atoms with Gasteiger partial charge in [-0.2, -0.15) is 0 Å². The number of benzene rings is 1. The van der Waals surface area contributed by atoms with Crippen molar-refractivity contribution in [2.45, 2.75) is 45.8 Å². The maximum absolute atomic E-state index is 13.9. The lowest BCUT2D eigenvalue weighted by atomic mass is 9.67. The number of ether oxygens (including phenoxy) is 1. The van der Waals surface area contributed by atoms with E-state index in [1.165, 1.54) is 16.5 Å². The van der Waals surface area contributed by atoms with Gasteiger partial charge in [-0.1, -0.05) is 37.6 Å². The van der Waals surface area contributed by atoms with Crippen LogP contribution in [0.4, 0.5) is 5.69 Å². The number of pyridine rings is 1. The number of hydrogen-bond donors (Lipinski definition) is 3. The molecular weight excluding hydrogens is 547 g/mol. The van der Waals surface area contributed by atoms with Crippen LogP contribution in [0.15, 0.2) is 76.4 Å². The van der Waals surface area contributed by atoms with Crippen LogP contribution in [0.3, 0.4) is 0 Å². The van der Waals surface area contributed by atoms with Crippen molar-refractivity contribution in [1.29, 1.82) is 0 Å². The quantitative estimate of drug-likeness (QED) is 0.199. The highest BCUT2D eigenvalue weighted by Crippen LogP contribution is 2.52. The first-order valence-corrected chi connectivity index (χ1v) is 14.8. The summed E-state index contributed by atoms with van der Waals surface area (Å²) >= 11 is 0. The molecule has 3 aliphatic rings. The fourth-order valence-corrected chi connectivity index (χ4v) is 6.88. The van der Waals surface area contributed by atoms with Gasteiger partial charge in [0.05, 0.1) is 35.9 Å². The number of aromatic nitrogens is 1. The van der Waals surface area contributed by atoms with E-state index >= 15 is 0 Å². The molecule has 2 saturated heterocycles. The van der Waals surface area contributed by atoms with Gasteiger partial charge in [0, 0.05) is 12.1 Å². The Bertz CT molecular complexity index is 1580.